The Labute approximate surface area is 184 Å². The van der Waals surface area contributed by atoms with Gasteiger partial charge >= 0.3 is 0 Å². The van der Waals surface area contributed by atoms with Crippen molar-refractivity contribution in [1.29, 1.82) is 0 Å². The molecule has 0 bridgehead atoms. The lowest BCUT2D eigenvalue weighted by molar-refractivity contribution is -0.126. The zero-order chi connectivity index (χ0) is 21.6. The van der Waals surface area contributed by atoms with Crippen LogP contribution in [-0.4, -0.2) is 41.4 Å². The number of hydrogen-bond acceptors (Lipinski definition) is 7. The molecule has 1 aromatic carbocycles. The van der Waals surface area contributed by atoms with Crippen LogP contribution in [0, 0.1) is 0 Å². The van der Waals surface area contributed by atoms with Crippen molar-refractivity contribution in [2.45, 2.75) is 31.8 Å². The predicted octanol–water partition coefficient (Wildman–Crippen LogP) is 3.80. The van der Waals surface area contributed by atoms with E-state index in [1.165, 1.54) is 11.3 Å². The Kier molecular flexibility index (Phi) is 6.51. The van der Waals surface area contributed by atoms with E-state index in [1.807, 2.05) is 24.3 Å². The topological polar surface area (TPSA) is 96.7 Å². The van der Waals surface area contributed by atoms with E-state index >= 15 is 0 Å². The van der Waals surface area contributed by atoms with E-state index in [0.717, 1.165) is 18.5 Å². The van der Waals surface area contributed by atoms with E-state index in [0.29, 0.717) is 41.8 Å². The van der Waals surface area contributed by atoms with Gasteiger partial charge in [-0.2, -0.15) is 0 Å². The summed E-state index contributed by atoms with van der Waals surface area (Å²) >= 11 is 1.34. The van der Waals surface area contributed by atoms with Crippen LogP contribution in [0.1, 0.15) is 35.5 Å². The summed E-state index contributed by atoms with van der Waals surface area (Å²) in [4.78, 5) is 32.0. The molecule has 2 amide bonds. The number of methoxy groups -OCH3 is 1. The van der Waals surface area contributed by atoms with Crippen molar-refractivity contribution in [2.24, 2.45) is 0 Å². The molecular formula is C22H24N4O4S. The van der Waals surface area contributed by atoms with Crippen LogP contribution in [0.4, 0.5) is 10.8 Å². The minimum Gasteiger partial charge on any atom is -0.495 e. The number of carbonyl (C=O) groups excluding carboxylic acids is 2. The molecule has 31 heavy (non-hydrogen) atoms. The number of ether oxygens (including phenoxy) is 1. The summed E-state index contributed by atoms with van der Waals surface area (Å²) < 4.78 is 10.6. The Morgan fingerprint density at radius 2 is 2.13 bits per heavy atom. The monoisotopic (exact) mass is 440 g/mol. The molecule has 4 rings (SSSR count). The molecule has 162 valence electrons. The van der Waals surface area contributed by atoms with Gasteiger partial charge < -0.3 is 24.7 Å². The van der Waals surface area contributed by atoms with Crippen LogP contribution in [0.2, 0.25) is 0 Å². The number of furan rings is 1. The van der Waals surface area contributed by atoms with Crippen molar-refractivity contribution in [1.82, 2.24) is 15.2 Å². The number of aromatic nitrogens is 1. The molecule has 1 fully saturated rings. The summed E-state index contributed by atoms with van der Waals surface area (Å²) in [5, 5.41) is 8.37. The number of anilines is 2. The maximum Gasteiger partial charge on any atom is 0.274 e. The van der Waals surface area contributed by atoms with E-state index in [1.54, 1.807) is 35.8 Å². The average molecular weight is 441 g/mol. The molecule has 8 nitrogen and oxygen atoms in total. The summed E-state index contributed by atoms with van der Waals surface area (Å²) in [5.41, 5.74) is 1.10. The van der Waals surface area contributed by atoms with Crippen molar-refractivity contribution < 1.29 is 18.7 Å². The summed E-state index contributed by atoms with van der Waals surface area (Å²) in [6.45, 7) is 0.832. The number of amides is 2. The zero-order valence-electron chi connectivity index (χ0n) is 17.2. The third-order valence-electron chi connectivity index (χ3n) is 5.16. The summed E-state index contributed by atoms with van der Waals surface area (Å²) in [5.74, 6) is 0.956. The largest absolute Gasteiger partial charge is 0.495 e. The highest BCUT2D eigenvalue weighted by atomic mass is 32.1. The van der Waals surface area contributed by atoms with Gasteiger partial charge in [-0.1, -0.05) is 12.1 Å². The highest BCUT2D eigenvalue weighted by Crippen LogP contribution is 2.29. The summed E-state index contributed by atoms with van der Waals surface area (Å²) in [6, 6.07) is 10.6. The molecule has 2 aromatic heterocycles. The number of thiazole rings is 1. The van der Waals surface area contributed by atoms with Crippen molar-refractivity contribution in [3.05, 3.63) is 59.5 Å². The Morgan fingerprint density at radius 1 is 1.26 bits per heavy atom. The number of benzene rings is 1. The highest BCUT2D eigenvalue weighted by molar-refractivity contribution is 7.14. The van der Waals surface area contributed by atoms with Crippen molar-refractivity contribution in [2.75, 3.05) is 19.0 Å². The number of piperidine rings is 1. The maximum absolute atomic E-state index is 13.2. The fourth-order valence-corrected chi connectivity index (χ4v) is 4.29. The standard InChI is InChI=1S/C22H24N4O4S/c1-29-19-10-3-2-8-16(19)24-22-25-17(14-31-22)21(28)26-11-5-4-9-18(26)20(27)23-13-15-7-6-12-30-15/h2-3,6-8,10,12,14,18H,4-5,9,11,13H2,1H3,(H,23,27)(H,24,25). The highest BCUT2D eigenvalue weighted by Gasteiger charge is 2.33. The minimum atomic E-state index is -0.511. The SMILES string of the molecule is COc1ccccc1Nc1nc(C(=O)N2CCCCC2C(=O)NCc2ccco2)cs1. The Hall–Kier alpha value is -3.33. The van der Waals surface area contributed by atoms with Gasteiger partial charge in [0.05, 0.1) is 25.6 Å². The van der Waals surface area contributed by atoms with Gasteiger partial charge in [0.25, 0.3) is 5.91 Å². The molecule has 0 saturated carbocycles. The molecule has 1 saturated heterocycles. The van der Waals surface area contributed by atoms with Crippen LogP contribution >= 0.6 is 11.3 Å². The molecule has 1 aliphatic heterocycles. The molecule has 1 unspecified atom stereocenters. The van der Waals surface area contributed by atoms with Gasteiger partial charge in [0.1, 0.15) is 23.2 Å². The molecular weight excluding hydrogens is 416 g/mol. The Balaban J connectivity index is 1.44. The number of hydrogen-bond donors (Lipinski definition) is 2. The number of nitrogens with zero attached hydrogens (tertiary/aromatic N) is 2. The molecule has 0 spiro atoms. The molecule has 3 heterocycles. The average Bonchev–Trinajstić information content (AvgIpc) is 3.50. The third-order valence-corrected chi connectivity index (χ3v) is 5.91. The van der Waals surface area contributed by atoms with Gasteiger partial charge in [-0.15, -0.1) is 11.3 Å². The molecule has 2 N–H and O–H groups in total. The lowest BCUT2D eigenvalue weighted by Crippen LogP contribution is -2.51. The number of rotatable bonds is 7. The van der Waals surface area contributed by atoms with Crippen LogP contribution in [0.5, 0.6) is 5.75 Å². The van der Waals surface area contributed by atoms with Gasteiger partial charge in [0.2, 0.25) is 5.91 Å². The summed E-state index contributed by atoms with van der Waals surface area (Å²) in [6.07, 6.45) is 3.97. The number of likely N-dealkylation sites (tertiary alicyclic amines) is 1. The summed E-state index contributed by atoms with van der Waals surface area (Å²) in [7, 11) is 1.60. The van der Waals surface area contributed by atoms with E-state index in [9.17, 15) is 9.59 Å². The first-order valence-corrected chi connectivity index (χ1v) is 11.0. The molecule has 1 aliphatic rings. The fourth-order valence-electron chi connectivity index (χ4n) is 3.59. The molecule has 3 aromatic rings. The fraction of sp³-hybridized carbons (Fsp3) is 0.318. The van der Waals surface area contributed by atoms with Gasteiger partial charge in [-0.3, -0.25) is 9.59 Å². The molecule has 9 heteroatoms. The first-order valence-electron chi connectivity index (χ1n) is 10.1. The van der Waals surface area contributed by atoms with Crippen molar-refractivity contribution in [3.8, 4) is 5.75 Å². The first-order chi connectivity index (χ1) is 15.2. The first kappa shape index (κ1) is 20.9. The second kappa shape index (κ2) is 9.65. The Morgan fingerprint density at radius 3 is 2.94 bits per heavy atom. The molecule has 1 atom stereocenters. The van der Waals surface area contributed by atoms with E-state index in [2.05, 4.69) is 15.6 Å². The molecule has 0 aliphatic carbocycles. The smallest absolute Gasteiger partial charge is 0.274 e. The van der Waals surface area contributed by atoms with Gasteiger partial charge in [-0.25, -0.2) is 4.98 Å². The van der Waals surface area contributed by atoms with Crippen LogP contribution < -0.4 is 15.4 Å². The predicted molar refractivity (Wildman–Crippen MR) is 118 cm³/mol. The van der Waals surface area contributed by atoms with E-state index in [-0.39, 0.29) is 11.8 Å². The van der Waals surface area contributed by atoms with Crippen LogP contribution in [0.3, 0.4) is 0 Å². The van der Waals surface area contributed by atoms with Crippen molar-refractivity contribution in [3.63, 3.8) is 0 Å². The number of nitrogens with one attached hydrogen (secondary N) is 2. The van der Waals surface area contributed by atoms with Crippen LogP contribution in [0.25, 0.3) is 0 Å². The number of para-hydroxylation sites is 2. The zero-order valence-corrected chi connectivity index (χ0v) is 18.0. The maximum atomic E-state index is 13.2. The quantitative estimate of drug-likeness (QED) is 0.580. The second-order valence-corrected chi connectivity index (χ2v) is 8.03. The van der Waals surface area contributed by atoms with E-state index < -0.39 is 6.04 Å². The van der Waals surface area contributed by atoms with Gasteiger partial charge in [0, 0.05) is 11.9 Å². The van der Waals surface area contributed by atoms with Gasteiger partial charge in [0.15, 0.2) is 5.13 Å². The normalized spacial score (nSPS) is 16.0. The molecule has 0 radical (unpaired) electrons. The number of carbonyl (C=O) groups is 2. The second-order valence-electron chi connectivity index (χ2n) is 7.17. The van der Waals surface area contributed by atoms with E-state index in [4.69, 9.17) is 9.15 Å². The van der Waals surface area contributed by atoms with Crippen LogP contribution in [0.15, 0.2) is 52.5 Å². The lowest BCUT2D eigenvalue weighted by Gasteiger charge is -2.34. The lowest BCUT2D eigenvalue weighted by atomic mass is 10.0. The minimum absolute atomic E-state index is 0.174. The van der Waals surface area contributed by atoms with Crippen molar-refractivity contribution >= 4 is 34.0 Å². The van der Waals surface area contributed by atoms with Gasteiger partial charge in [-0.05, 0) is 43.5 Å². The third kappa shape index (κ3) is 4.88. The van der Waals surface area contributed by atoms with Crippen LogP contribution in [-0.2, 0) is 11.3 Å². The Bertz CT molecular complexity index is 1030.